The lowest BCUT2D eigenvalue weighted by Crippen LogP contribution is -2.39. The number of halogens is 1. The van der Waals surface area contributed by atoms with Crippen molar-refractivity contribution >= 4 is 15.9 Å². The Morgan fingerprint density at radius 3 is 2.35 bits per heavy atom. The minimum atomic E-state index is -0.393. The maximum absolute atomic E-state index is 6.00. The van der Waals surface area contributed by atoms with E-state index < -0.39 is 6.29 Å². The van der Waals surface area contributed by atoms with Crippen LogP contribution in [-0.2, 0) is 15.9 Å². The smallest absolute Gasteiger partial charge is 0.172 e. The first-order valence-electron chi connectivity index (χ1n) is 5.26. The summed E-state index contributed by atoms with van der Waals surface area (Å²) in [7, 11) is 4.80. The maximum atomic E-state index is 6.00. The molecular formula is C12H18BrNO3. The summed E-state index contributed by atoms with van der Waals surface area (Å²) in [6, 6.07) is 5.67. The molecule has 0 aliphatic carbocycles. The van der Waals surface area contributed by atoms with Crippen molar-refractivity contribution in [3.63, 3.8) is 0 Å². The SMILES string of the molecule is COc1ccc(CC(N)C(OC)OC)cc1Br. The van der Waals surface area contributed by atoms with Crippen LogP contribution in [0.4, 0.5) is 0 Å². The molecule has 17 heavy (non-hydrogen) atoms. The highest BCUT2D eigenvalue weighted by molar-refractivity contribution is 9.10. The van der Waals surface area contributed by atoms with E-state index in [0.717, 1.165) is 15.8 Å². The second-order valence-corrected chi connectivity index (χ2v) is 4.53. The van der Waals surface area contributed by atoms with Gasteiger partial charge in [-0.1, -0.05) is 6.07 Å². The predicted molar refractivity (Wildman–Crippen MR) is 70.2 cm³/mol. The summed E-state index contributed by atoms with van der Waals surface area (Å²) >= 11 is 3.44. The lowest BCUT2D eigenvalue weighted by Gasteiger charge is -2.21. The van der Waals surface area contributed by atoms with Gasteiger partial charge in [-0.25, -0.2) is 0 Å². The highest BCUT2D eigenvalue weighted by atomic mass is 79.9. The van der Waals surface area contributed by atoms with Gasteiger partial charge in [0, 0.05) is 14.2 Å². The van der Waals surface area contributed by atoms with Crippen molar-refractivity contribution in [3.8, 4) is 5.75 Å². The number of methoxy groups -OCH3 is 3. The van der Waals surface area contributed by atoms with Crippen molar-refractivity contribution in [1.82, 2.24) is 0 Å². The minimum Gasteiger partial charge on any atom is -0.496 e. The first-order chi connectivity index (χ1) is 8.12. The van der Waals surface area contributed by atoms with Crippen LogP contribution < -0.4 is 10.5 Å². The van der Waals surface area contributed by atoms with E-state index in [1.54, 1.807) is 21.3 Å². The van der Waals surface area contributed by atoms with Gasteiger partial charge in [0.05, 0.1) is 17.6 Å². The molecule has 0 amide bonds. The molecule has 1 aromatic rings. The van der Waals surface area contributed by atoms with Crippen LogP contribution in [0.1, 0.15) is 5.56 Å². The highest BCUT2D eigenvalue weighted by Gasteiger charge is 2.17. The zero-order chi connectivity index (χ0) is 12.8. The highest BCUT2D eigenvalue weighted by Crippen LogP contribution is 2.26. The Labute approximate surface area is 110 Å². The first kappa shape index (κ1) is 14.4. The average molecular weight is 304 g/mol. The Morgan fingerprint density at radius 1 is 1.24 bits per heavy atom. The molecule has 0 saturated heterocycles. The molecule has 4 nitrogen and oxygen atoms in total. The monoisotopic (exact) mass is 303 g/mol. The van der Waals surface area contributed by atoms with Crippen LogP contribution in [0.2, 0.25) is 0 Å². The van der Waals surface area contributed by atoms with E-state index in [4.69, 9.17) is 19.9 Å². The molecule has 1 unspecified atom stereocenters. The summed E-state index contributed by atoms with van der Waals surface area (Å²) in [5.41, 5.74) is 7.10. The van der Waals surface area contributed by atoms with Crippen LogP contribution in [0, 0.1) is 0 Å². The van der Waals surface area contributed by atoms with Gasteiger partial charge in [0.1, 0.15) is 5.75 Å². The van der Waals surface area contributed by atoms with Crippen LogP contribution in [0.3, 0.4) is 0 Å². The fourth-order valence-electron chi connectivity index (χ4n) is 1.65. The second kappa shape index (κ2) is 6.96. The quantitative estimate of drug-likeness (QED) is 0.816. The Morgan fingerprint density at radius 2 is 1.88 bits per heavy atom. The van der Waals surface area contributed by atoms with Crippen LogP contribution >= 0.6 is 15.9 Å². The van der Waals surface area contributed by atoms with Gasteiger partial charge in [-0.3, -0.25) is 0 Å². The van der Waals surface area contributed by atoms with E-state index in [0.29, 0.717) is 6.42 Å². The molecule has 0 aromatic heterocycles. The van der Waals surface area contributed by atoms with Crippen LogP contribution in [0.25, 0.3) is 0 Å². The molecular weight excluding hydrogens is 286 g/mol. The summed E-state index contributed by atoms with van der Waals surface area (Å²) in [6.07, 6.45) is 0.283. The molecule has 96 valence electrons. The van der Waals surface area contributed by atoms with Gasteiger partial charge in [0.15, 0.2) is 6.29 Å². The third kappa shape index (κ3) is 3.96. The molecule has 0 saturated carbocycles. The number of hydrogen-bond donors (Lipinski definition) is 1. The molecule has 0 bridgehead atoms. The topological polar surface area (TPSA) is 53.7 Å². The number of ether oxygens (including phenoxy) is 3. The zero-order valence-electron chi connectivity index (χ0n) is 10.3. The third-order valence-corrected chi connectivity index (χ3v) is 3.12. The first-order valence-corrected chi connectivity index (χ1v) is 6.05. The van der Waals surface area contributed by atoms with Crippen molar-refractivity contribution in [2.75, 3.05) is 21.3 Å². The largest absolute Gasteiger partial charge is 0.496 e. The molecule has 0 aliphatic rings. The van der Waals surface area contributed by atoms with Gasteiger partial charge in [-0.2, -0.15) is 0 Å². The van der Waals surface area contributed by atoms with E-state index in [2.05, 4.69) is 15.9 Å². The third-order valence-electron chi connectivity index (χ3n) is 2.50. The van der Waals surface area contributed by atoms with Crippen molar-refractivity contribution in [1.29, 1.82) is 0 Å². The molecule has 0 fully saturated rings. The van der Waals surface area contributed by atoms with E-state index in [-0.39, 0.29) is 6.04 Å². The van der Waals surface area contributed by atoms with E-state index in [1.165, 1.54) is 0 Å². The lowest BCUT2D eigenvalue weighted by molar-refractivity contribution is -0.115. The number of hydrogen-bond acceptors (Lipinski definition) is 4. The summed E-state index contributed by atoms with van der Waals surface area (Å²) in [5, 5.41) is 0. The molecule has 0 radical (unpaired) electrons. The van der Waals surface area contributed by atoms with Crippen LogP contribution in [-0.4, -0.2) is 33.7 Å². The fraction of sp³-hybridized carbons (Fsp3) is 0.500. The van der Waals surface area contributed by atoms with Gasteiger partial charge in [-0.05, 0) is 40.0 Å². The van der Waals surface area contributed by atoms with Gasteiger partial charge in [0.2, 0.25) is 0 Å². The van der Waals surface area contributed by atoms with Crippen LogP contribution in [0.5, 0.6) is 5.75 Å². The van der Waals surface area contributed by atoms with E-state index in [9.17, 15) is 0 Å². The van der Waals surface area contributed by atoms with Gasteiger partial charge in [0.25, 0.3) is 0 Å². The molecule has 1 aromatic carbocycles. The minimum absolute atomic E-state index is 0.203. The van der Waals surface area contributed by atoms with E-state index in [1.807, 2.05) is 18.2 Å². The van der Waals surface area contributed by atoms with E-state index >= 15 is 0 Å². The van der Waals surface area contributed by atoms with Crippen molar-refractivity contribution in [3.05, 3.63) is 28.2 Å². The summed E-state index contributed by atoms with van der Waals surface area (Å²) < 4.78 is 16.3. The van der Waals surface area contributed by atoms with Gasteiger partial charge < -0.3 is 19.9 Å². The van der Waals surface area contributed by atoms with Crippen molar-refractivity contribution in [2.24, 2.45) is 5.73 Å². The number of benzene rings is 1. The zero-order valence-corrected chi connectivity index (χ0v) is 11.9. The molecule has 2 N–H and O–H groups in total. The number of rotatable bonds is 6. The fourth-order valence-corrected chi connectivity index (χ4v) is 2.24. The Balaban J connectivity index is 2.71. The van der Waals surface area contributed by atoms with Crippen molar-refractivity contribution < 1.29 is 14.2 Å². The summed E-state index contributed by atoms with van der Waals surface area (Å²) in [6.45, 7) is 0. The maximum Gasteiger partial charge on any atom is 0.172 e. The average Bonchev–Trinajstić information content (AvgIpc) is 2.31. The lowest BCUT2D eigenvalue weighted by atomic mass is 10.1. The summed E-state index contributed by atoms with van der Waals surface area (Å²) in [5.74, 6) is 0.803. The molecule has 5 heteroatoms. The van der Waals surface area contributed by atoms with Crippen LogP contribution in [0.15, 0.2) is 22.7 Å². The molecule has 0 spiro atoms. The van der Waals surface area contributed by atoms with Gasteiger partial charge >= 0.3 is 0 Å². The molecule has 1 atom stereocenters. The Hall–Kier alpha value is -0.620. The number of nitrogens with two attached hydrogens (primary N) is 1. The Kier molecular flexibility index (Phi) is 5.91. The standard InChI is InChI=1S/C12H18BrNO3/c1-15-11-5-4-8(6-9(11)13)7-10(14)12(16-2)17-3/h4-6,10,12H,7,14H2,1-3H3. The van der Waals surface area contributed by atoms with Crippen molar-refractivity contribution in [2.45, 2.75) is 18.8 Å². The summed E-state index contributed by atoms with van der Waals surface area (Å²) in [4.78, 5) is 0. The molecule has 0 heterocycles. The second-order valence-electron chi connectivity index (χ2n) is 3.68. The molecule has 1 rings (SSSR count). The molecule has 0 aliphatic heterocycles. The van der Waals surface area contributed by atoms with Gasteiger partial charge in [-0.15, -0.1) is 0 Å². The Bertz CT molecular complexity index is 356. The normalized spacial score (nSPS) is 12.8. The predicted octanol–water partition coefficient (Wildman–Crippen LogP) is 1.95.